The van der Waals surface area contributed by atoms with E-state index in [2.05, 4.69) is 5.32 Å². The lowest BCUT2D eigenvalue weighted by Gasteiger charge is -2.21. The number of benzene rings is 2. The molecule has 7 heteroatoms. The minimum absolute atomic E-state index is 0.275. The first-order valence-electron chi connectivity index (χ1n) is 8.27. The molecule has 2 aromatic rings. The zero-order valence-electron chi connectivity index (χ0n) is 14.0. The lowest BCUT2D eigenvalue weighted by atomic mass is 10.0. The van der Waals surface area contributed by atoms with Crippen molar-refractivity contribution < 1.29 is 19.4 Å². The molecule has 0 aliphatic carbocycles. The molecule has 0 bridgehead atoms. The summed E-state index contributed by atoms with van der Waals surface area (Å²) in [5, 5.41) is 13.4. The van der Waals surface area contributed by atoms with E-state index in [1.165, 1.54) is 4.90 Å². The maximum Gasteiger partial charge on any atom is 0.256 e. The molecule has 2 aromatic carbocycles. The SMILES string of the molecule is COc1ccc(Cl)cc1-c1ccc2c(c1)C(=O)N1CC[C@@H](O)[C@H]1C(=O)N2. The Kier molecular flexibility index (Phi) is 4.09. The number of aliphatic hydroxyl groups excluding tert-OH is 1. The molecule has 2 heterocycles. The lowest BCUT2D eigenvalue weighted by Crippen LogP contribution is -2.45. The molecular formula is C19H17ClN2O4. The summed E-state index contributed by atoms with van der Waals surface area (Å²) in [6.45, 7) is 0.349. The number of rotatable bonds is 2. The molecule has 2 atom stereocenters. The van der Waals surface area contributed by atoms with Crippen LogP contribution in [0.3, 0.4) is 0 Å². The first-order valence-corrected chi connectivity index (χ1v) is 8.65. The topological polar surface area (TPSA) is 78.9 Å². The van der Waals surface area contributed by atoms with Crippen LogP contribution >= 0.6 is 11.6 Å². The summed E-state index contributed by atoms with van der Waals surface area (Å²) in [6, 6.07) is 9.63. The molecule has 1 saturated heterocycles. The molecular weight excluding hydrogens is 356 g/mol. The fourth-order valence-electron chi connectivity index (χ4n) is 3.59. The van der Waals surface area contributed by atoms with Gasteiger partial charge in [-0.15, -0.1) is 0 Å². The first-order chi connectivity index (χ1) is 12.5. The predicted octanol–water partition coefficient (Wildman–Crippen LogP) is 2.54. The van der Waals surface area contributed by atoms with Gasteiger partial charge in [-0.25, -0.2) is 0 Å². The number of methoxy groups -OCH3 is 1. The smallest absolute Gasteiger partial charge is 0.256 e. The van der Waals surface area contributed by atoms with Gasteiger partial charge in [0.25, 0.3) is 5.91 Å². The highest BCUT2D eigenvalue weighted by Gasteiger charge is 2.44. The standard InChI is InChI=1S/C19H17ClN2O4/c1-26-16-5-3-11(20)9-12(16)10-2-4-14-13(8-10)19(25)22-7-6-15(23)17(22)18(24)21-14/h2-5,8-9,15,17,23H,6-7H2,1H3,(H,21,24)/t15-,17+/m1/s1. The van der Waals surface area contributed by atoms with Crippen molar-refractivity contribution in [1.82, 2.24) is 4.90 Å². The highest BCUT2D eigenvalue weighted by molar-refractivity contribution is 6.31. The van der Waals surface area contributed by atoms with E-state index in [4.69, 9.17) is 16.3 Å². The van der Waals surface area contributed by atoms with Gasteiger partial charge in [0.2, 0.25) is 5.91 Å². The number of nitrogens with zero attached hydrogens (tertiary/aromatic N) is 1. The van der Waals surface area contributed by atoms with Gasteiger partial charge in [0.15, 0.2) is 0 Å². The summed E-state index contributed by atoms with van der Waals surface area (Å²) in [6.07, 6.45) is -0.457. The summed E-state index contributed by atoms with van der Waals surface area (Å²) in [4.78, 5) is 26.8. The van der Waals surface area contributed by atoms with Crippen molar-refractivity contribution in [1.29, 1.82) is 0 Å². The second kappa shape index (κ2) is 6.30. The third kappa shape index (κ3) is 2.62. The molecule has 0 unspecified atom stereocenters. The summed E-state index contributed by atoms with van der Waals surface area (Å²) in [7, 11) is 1.57. The summed E-state index contributed by atoms with van der Waals surface area (Å²) in [5.41, 5.74) is 2.33. The maximum absolute atomic E-state index is 13.0. The van der Waals surface area contributed by atoms with Crippen molar-refractivity contribution in [3.05, 3.63) is 47.0 Å². The molecule has 0 saturated carbocycles. The Labute approximate surface area is 155 Å². The predicted molar refractivity (Wildman–Crippen MR) is 97.5 cm³/mol. The van der Waals surface area contributed by atoms with Gasteiger partial charge in [-0.2, -0.15) is 0 Å². The number of amides is 2. The van der Waals surface area contributed by atoms with E-state index in [0.29, 0.717) is 35.0 Å². The van der Waals surface area contributed by atoms with Crippen LogP contribution in [0.5, 0.6) is 5.75 Å². The Morgan fingerprint density at radius 3 is 2.77 bits per heavy atom. The Bertz CT molecular complexity index is 914. The van der Waals surface area contributed by atoms with Gasteiger partial charge in [-0.05, 0) is 42.3 Å². The van der Waals surface area contributed by atoms with Crippen LogP contribution in [0, 0.1) is 0 Å². The van der Waals surface area contributed by atoms with Crippen LogP contribution in [0.1, 0.15) is 16.8 Å². The zero-order chi connectivity index (χ0) is 18.4. The second-order valence-electron chi connectivity index (χ2n) is 6.39. The van der Waals surface area contributed by atoms with Crippen molar-refractivity contribution in [2.75, 3.05) is 19.0 Å². The molecule has 2 aliphatic heterocycles. The van der Waals surface area contributed by atoms with Crippen LogP contribution in [0.15, 0.2) is 36.4 Å². The van der Waals surface area contributed by atoms with Crippen LogP contribution < -0.4 is 10.1 Å². The van der Waals surface area contributed by atoms with Crippen molar-refractivity contribution in [3.8, 4) is 16.9 Å². The van der Waals surface area contributed by atoms with E-state index in [9.17, 15) is 14.7 Å². The number of halogens is 1. The molecule has 2 amide bonds. The van der Waals surface area contributed by atoms with Crippen LogP contribution in [-0.2, 0) is 4.79 Å². The Morgan fingerprint density at radius 2 is 2.00 bits per heavy atom. The van der Waals surface area contributed by atoms with Crippen LogP contribution in [-0.4, -0.2) is 47.6 Å². The maximum atomic E-state index is 13.0. The van der Waals surface area contributed by atoms with Gasteiger partial charge >= 0.3 is 0 Å². The lowest BCUT2D eigenvalue weighted by molar-refractivity contribution is -0.121. The molecule has 0 spiro atoms. The van der Waals surface area contributed by atoms with Gasteiger partial charge in [-0.1, -0.05) is 17.7 Å². The monoisotopic (exact) mass is 372 g/mol. The summed E-state index contributed by atoms with van der Waals surface area (Å²) < 4.78 is 5.39. The molecule has 4 rings (SSSR count). The normalized spacial score (nSPS) is 21.7. The van der Waals surface area contributed by atoms with Crippen LogP contribution in [0.25, 0.3) is 11.1 Å². The number of aliphatic hydroxyl groups is 1. The van der Waals surface area contributed by atoms with Crippen molar-refractivity contribution >= 4 is 29.1 Å². The van der Waals surface area contributed by atoms with E-state index < -0.39 is 12.1 Å². The number of fused-ring (bicyclic) bond motifs is 2. The summed E-state index contributed by atoms with van der Waals surface area (Å²) in [5.74, 6) is -0.00754. The van der Waals surface area contributed by atoms with E-state index in [0.717, 1.165) is 11.1 Å². The van der Waals surface area contributed by atoms with Gasteiger partial charge in [0, 0.05) is 17.1 Å². The molecule has 6 nitrogen and oxygen atoms in total. The largest absolute Gasteiger partial charge is 0.496 e. The summed E-state index contributed by atoms with van der Waals surface area (Å²) >= 11 is 6.11. The zero-order valence-corrected chi connectivity index (χ0v) is 14.8. The van der Waals surface area contributed by atoms with Gasteiger partial charge in [0.1, 0.15) is 11.8 Å². The molecule has 1 fully saturated rings. The van der Waals surface area contributed by atoms with E-state index in [-0.39, 0.29) is 11.8 Å². The Morgan fingerprint density at radius 1 is 1.19 bits per heavy atom. The van der Waals surface area contributed by atoms with Crippen molar-refractivity contribution in [3.63, 3.8) is 0 Å². The number of hydrogen-bond acceptors (Lipinski definition) is 4. The van der Waals surface area contributed by atoms with Gasteiger partial charge < -0.3 is 20.1 Å². The molecule has 134 valence electrons. The highest BCUT2D eigenvalue weighted by Crippen LogP contribution is 2.36. The van der Waals surface area contributed by atoms with Gasteiger partial charge in [0.05, 0.1) is 24.5 Å². The van der Waals surface area contributed by atoms with Crippen molar-refractivity contribution in [2.45, 2.75) is 18.6 Å². The highest BCUT2D eigenvalue weighted by atomic mass is 35.5. The first kappa shape index (κ1) is 16.9. The Balaban J connectivity index is 1.82. The molecule has 2 aliphatic rings. The van der Waals surface area contributed by atoms with Crippen LogP contribution in [0.2, 0.25) is 5.02 Å². The fourth-order valence-corrected chi connectivity index (χ4v) is 3.76. The van der Waals surface area contributed by atoms with Crippen molar-refractivity contribution in [2.24, 2.45) is 0 Å². The quantitative estimate of drug-likeness (QED) is 0.849. The minimum Gasteiger partial charge on any atom is -0.496 e. The number of carbonyl (C=O) groups is 2. The molecule has 0 aromatic heterocycles. The van der Waals surface area contributed by atoms with Gasteiger partial charge in [-0.3, -0.25) is 9.59 Å². The number of nitrogens with one attached hydrogen (secondary N) is 1. The molecule has 2 N–H and O–H groups in total. The minimum atomic E-state index is -0.848. The third-order valence-corrected chi connectivity index (χ3v) is 5.11. The number of carbonyl (C=O) groups excluding carboxylic acids is 2. The van der Waals surface area contributed by atoms with E-state index in [1.807, 2.05) is 0 Å². The number of ether oxygens (including phenoxy) is 1. The average Bonchev–Trinajstić information content (AvgIpc) is 2.98. The number of anilines is 1. The average molecular weight is 373 g/mol. The molecule has 26 heavy (non-hydrogen) atoms. The molecule has 0 radical (unpaired) electrons. The van der Waals surface area contributed by atoms with E-state index >= 15 is 0 Å². The van der Waals surface area contributed by atoms with E-state index in [1.54, 1.807) is 43.5 Å². The fraction of sp³-hybridized carbons (Fsp3) is 0.263. The number of hydrogen-bond donors (Lipinski definition) is 2. The Hall–Kier alpha value is -2.57. The van der Waals surface area contributed by atoms with Crippen LogP contribution in [0.4, 0.5) is 5.69 Å². The second-order valence-corrected chi connectivity index (χ2v) is 6.83. The third-order valence-electron chi connectivity index (χ3n) is 4.88.